The molecule has 2 aliphatic heterocycles. The summed E-state index contributed by atoms with van der Waals surface area (Å²) in [5.74, 6) is -0.197. The van der Waals surface area contributed by atoms with E-state index in [1.54, 1.807) is 4.90 Å². The number of unbranched alkanes of at least 4 members (excludes halogenated alkanes) is 7. The van der Waals surface area contributed by atoms with Gasteiger partial charge in [-0.05, 0) is 31.0 Å². The molecule has 0 atom stereocenters. The highest BCUT2D eigenvalue weighted by atomic mass is 79.9. The van der Waals surface area contributed by atoms with Crippen LogP contribution in [-0.2, 0) is 9.59 Å². The van der Waals surface area contributed by atoms with E-state index in [-0.39, 0.29) is 11.8 Å². The average molecular weight is 524 g/mol. The summed E-state index contributed by atoms with van der Waals surface area (Å²) in [7, 11) is 0. The van der Waals surface area contributed by atoms with Gasteiger partial charge in [-0.3, -0.25) is 14.5 Å². The van der Waals surface area contributed by atoms with Gasteiger partial charge in [0.25, 0.3) is 11.8 Å². The fourth-order valence-corrected chi connectivity index (χ4v) is 5.80. The first-order valence-corrected chi connectivity index (χ1v) is 13.4. The molecule has 4 nitrogen and oxygen atoms in total. The monoisotopic (exact) mass is 522 g/mol. The number of halogens is 1. The van der Waals surface area contributed by atoms with Crippen LogP contribution >= 0.6 is 39.9 Å². The van der Waals surface area contributed by atoms with E-state index in [9.17, 15) is 9.59 Å². The standard InChI is InChI=1S/C24H31BrN2O2S2/c1-3-5-7-8-9-11-15-27-23(29)21(31-24(27)30)20-18-16-17(25)12-13-19(18)26(22(20)28)14-10-6-4-2/h12-13,16H,3-11,14-15H2,1-2H3/b21-20-. The van der Waals surface area contributed by atoms with E-state index in [0.29, 0.717) is 27.9 Å². The van der Waals surface area contributed by atoms with Gasteiger partial charge in [0, 0.05) is 23.1 Å². The van der Waals surface area contributed by atoms with Crippen molar-refractivity contribution in [2.24, 2.45) is 0 Å². The molecule has 2 aliphatic rings. The minimum atomic E-state index is -0.117. The molecule has 3 rings (SSSR count). The van der Waals surface area contributed by atoms with Crippen LogP contribution in [0.2, 0.25) is 0 Å². The third kappa shape index (κ3) is 5.60. The third-order valence-electron chi connectivity index (χ3n) is 5.77. The molecule has 0 N–H and O–H groups in total. The van der Waals surface area contributed by atoms with Crippen LogP contribution < -0.4 is 4.90 Å². The minimum Gasteiger partial charge on any atom is -0.308 e. The molecule has 0 spiro atoms. The number of carbonyl (C=O) groups excluding carboxylic acids is 2. The first-order chi connectivity index (χ1) is 15.0. The number of hydrogen-bond donors (Lipinski definition) is 0. The van der Waals surface area contributed by atoms with E-state index in [1.807, 2.05) is 23.1 Å². The molecule has 1 aromatic rings. The zero-order valence-electron chi connectivity index (χ0n) is 18.4. The smallest absolute Gasteiger partial charge is 0.267 e. The summed E-state index contributed by atoms with van der Waals surface area (Å²) in [5, 5.41) is 0. The molecule has 0 aromatic heterocycles. The summed E-state index contributed by atoms with van der Waals surface area (Å²) in [6, 6.07) is 5.86. The molecule has 1 aromatic carbocycles. The lowest BCUT2D eigenvalue weighted by Gasteiger charge is -2.17. The molecule has 168 valence electrons. The number of benzene rings is 1. The van der Waals surface area contributed by atoms with Gasteiger partial charge in [0.05, 0.1) is 16.2 Å². The molecule has 2 heterocycles. The van der Waals surface area contributed by atoms with E-state index in [2.05, 4.69) is 29.8 Å². The lowest BCUT2D eigenvalue weighted by atomic mass is 10.1. The van der Waals surface area contributed by atoms with Crippen molar-refractivity contribution < 1.29 is 9.59 Å². The van der Waals surface area contributed by atoms with Gasteiger partial charge in [0.1, 0.15) is 4.32 Å². The van der Waals surface area contributed by atoms with E-state index in [4.69, 9.17) is 12.2 Å². The van der Waals surface area contributed by atoms with Gasteiger partial charge in [0.2, 0.25) is 0 Å². The molecule has 0 aliphatic carbocycles. The summed E-state index contributed by atoms with van der Waals surface area (Å²) in [4.78, 5) is 30.7. The molecule has 0 saturated carbocycles. The van der Waals surface area contributed by atoms with Crippen LogP contribution in [0.4, 0.5) is 5.69 Å². The number of amides is 2. The van der Waals surface area contributed by atoms with E-state index >= 15 is 0 Å². The van der Waals surface area contributed by atoms with Crippen molar-refractivity contribution in [3.63, 3.8) is 0 Å². The number of thiocarbonyl (C=S) groups is 1. The Labute approximate surface area is 203 Å². The maximum Gasteiger partial charge on any atom is 0.267 e. The second-order valence-electron chi connectivity index (χ2n) is 8.12. The van der Waals surface area contributed by atoms with Crippen molar-refractivity contribution in [1.29, 1.82) is 0 Å². The summed E-state index contributed by atoms with van der Waals surface area (Å²) < 4.78 is 1.46. The Hall–Kier alpha value is -1.18. The van der Waals surface area contributed by atoms with Crippen molar-refractivity contribution in [2.45, 2.75) is 71.6 Å². The van der Waals surface area contributed by atoms with Crippen molar-refractivity contribution in [3.05, 3.63) is 33.1 Å². The Kier molecular flexibility index (Phi) is 9.17. The zero-order chi connectivity index (χ0) is 22.4. The number of rotatable bonds is 11. The van der Waals surface area contributed by atoms with Gasteiger partial charge < -0.3 is 4.90 Å². The van der Waals surface area contributed by atoms with Crippen molar-refractivity contribution >= 4 is 67.3 Å². The van der Waals surface area contributed by atoms with Crippen LogP contribution in [0.1, 0.15) is 77.2 Å². The molecule has 1 fully saturated rings. The topological polar surface area (TPSA) is 40.6 Å². The van der Waals surface area contributed by atoms with E-state index in [0.717, 1.165) is 47.8 Å². The molecular weight excluding hydrogens is 492 g/mol. The summed E-state index contributed by atoms with van der Waals surface area (Å²) in [6.45, 7) is 5.66. The Balaban J connectivity index is 1.80. The van der Waals surface area contributed by atoms with Crippen molar-refractivity contribution in [2.75, 3.05) is 18.0 Å². The van der Waals surface area contributed by atoms with Crippen LogP contribution in [0.3, 0.4) is 0 Å². The zero-order valence-corrected chi connectivity index (χ0v) is 21.6. The summed E-state index contributed by atoms with van der Waals surface area (Å²) in [6.07, 6.45) is 10.1. The number of anilines is 1. The lowest BCUT2D eigenvalue weighted by molar-refractivity contribution is -0.122. The predicted molar refractivity (Wildman–Crippen MR) is 138 cm³/mol. The van der Waals surface area contributed by atoms with Crippen LogP contribution in [0.15, 0.2) is 27.6 Å². The highest BCUT2D eigenvalue weighted by molar-refractivity contribution is 9.10. The van der Waals surface area contributed by atoms with Gasteiger partial charge in [0.15, 0.2) is 0 Å². The molecule has 0 unspecified atom stereocenters. The minimum absolute atomic E-state index is 0.0794. The Morgan fingerprint density at radius 2 is 1.48 bits per heavy atom. The Morgan fingerprint density at radius 1 is 0.871 bits per heavy atom. The molecule has 2 amide bonds. The lowest BCUT2D eigenvalue weighted by Crippen LogP contribution is -2.30. The molecular formula is C24H31BrN2O2S2. The Morgan fingerprint density at radius 3 is 2.23 bits per heavy atom. The fourth-order valence-electron chi connectivity index (χ4n) is 4.06. The van der Waals surface area contributed by atoms with E-state index < -0.39 is 0 Å². The molecule has 1 saturated heterocycles. The normalized spacial score (nSPS) is 18.5. The molecule has 31 heavy (non-hydrogen) atoms. The maximum absolute atomic E-state index is 13.4. The highest BCUT2D eigenvalue weighted by Crippen LogP contribution is 2.45. The second kappa shape index (κ2) is 11.6. The third-order valence-corrected chi connectivity index (χ3v) is 7.72. The number of nitrogens with zero attached hydrogens (tertiary/aromatic N) is 2. The number of hydrogen-bond acceptors (Lipinski definition) is 4. The summed E-state index contributed by atoms with van der Waals surface area (Å²) in [5.41, 5.74) is 2.23. The molecule has 0 radical (unpaired) electrons. The first kappa shape index (κ1) is 24.5. The Bertz CT molecular complexity index is 884. The largest absolute Gasteiger partial charge is 0.308 e. The van der Waals surface area contributed by atoms with E-state index in [1.165, 1.54) is 37.4 Å². The van der Waals surface area contributed by atoms with Crippen molar-refractivity contribution in [3.8, 4) is 0 Å². The quantitative estimate of drug-likeness (QED) is 0.179. The number of fused-ring (bicyclic) bond motifs is 1. The first-order valence-electron chi connectivity index (χ1n) is 11.4. The van der Waals surface area contributed by atoms with Crippen LogP contribution in [0.25, 0.3) is 5.57 Å². The highest BCUT2D eigenvalue weighted by Gasteiger charge is 2.41. The summed E-state index contributed by atoms with van der Waals surface area (Å²) >= 11 is 10.3. The van der Waals surface area contributed by atoms with Crippen molar-refractivity contribution in [1.82, 2.24) is 4.90 Å². The molecule has 7 heteroatoms. The maximum atomic E-state index is 13.4. The van der Waals surface area contributed by atoms with Gasteiger partial charge >= 0.3 is 0 Å². The van der Waals surface area contributed by atoms with Gasteiger partial charge in [-0.25, -0.2) is 0 Å². The predicted octanol–water partition coefficient (Wildman–Crippen LogP) is 6.92. The second-order valence-corrected chi connectivity index (χ2v) is 10.7. The van der Waals surface area contributed by atoms with Crippen LogP contribution in [0.5, 0.6) is 0 Å². The SMILES string of the molecule is CCCCCCCCN1C(=O)/C(=C2/C(=O)N(CCCCC)c3ccc(Br)cc32)SC1=S. The fraction of sp³-hybridized carbons (Fsp3) is 0.542. The van der Waals surface area contributed by atoms with Gasteiger partial charge in [-0.2, -0.15) is 0 Å². The number of carbonyl (C=O) groups is 2. The molecule has 0 bridgehead atoms. The van der Waals surface area contributed by atoms with Gasteiger partial charge in [-0.15, -0.1) is 0 Å². The van der Waals surface area contributed by atoms with Gasteiger partial charge in [-0.1, -0.05) is 98.7 Å². The number of thioether (sulfide) groups is 1. The van der Waals surface area contributed by atoms with Crippen LogP contribution in [0, 0.1) is 0 Å². The average Bonchev–Trinajstić information content (AvgIpc) is 3.17. The van der Waals surface area contributed by atoms with Crippen LogP contribution in [-0.4, -0.2) is 34.1 Å².